The summed E-state index contributed by atoms with van der Waals surface area (Å²) in [6.45, 7) is 0. The van der Waals surface area contributed by atoms with Crippen LogP contribution >= 0.6 is 0 Å². The highest BCUT2D eigenvalue weighted by Gasteiger charge is 2.15. The van der Waals surface area contributed by atoms with Gasteiger partial charge in [0.2, 0.25) is 11.7 Å². The summed E-state index contributed by atoms with van der Waals surface area (Å²) in [7, 11) is 4.70. The number of rotatable bonds is 8. The molecule has 0 saturated carbocycles. The smallest absolute Gasteiger partial charge is 0.321 e. The number of aromatic nitrogens is 2. The zero-order valence-electron chi connectivity index (χ0n) is 16.8. The number of methoxy groups -OCH3 is 3. The van der Waals surface area contributed by atoms with E-state index in [1.165, 1.54) is 0 Å². The van der Waals surface area contributed by atoms with Crippen LogP contribution in [-0.2, 0) is 16.0 Å². The molecule has 12 heteroatoms. The van der Waals surface area contributed by atoms with E-state index in [-0.39, 0.29) is 5.95 Å². The van der Waals surface area contributed by atoms with Gasteiger partial charge >= 0.3 is 11.9 Å². The Balaban J connectivity index is 0.000000424. The lowest BCUT2D eigenvalue weighted by Crippen LogP contribution is -2.32. The highest BCUT2D eigenvalue weighted by molar-refractivity contribution is 5.80. The maximum Gasteiger partial charge on any atom is 0.321 e. The molecular formula is C18H25N5O7. The first-order valence-corrected chi connectivity index (χ1v) is 8.48. The minimum Gasteiger partial charge on any atom is -0.493 e. The van der Waals surface area contributed by atoms with Gasteiger partial charge in [-0.1, -0.05) is 0 Å². The molecule has 0 aliphatic carbocycles. The summed E-state index contributed by atoms with van der Waals surface area (Å²) < 4.78 is 15.9. The SMILES string of the molecule is COc1cc(Cc2cnc(N)nc2N)cc(OC)c1OC.N[C@@H](CC(=O)O)C(=O)O. The third kappa shape index (κ3) is 6.98. The largest absolute Gasteiger partial charge is 0.493 e. The van der Waals surface area contributed by atoms with E-state index in [2.05, 4.69) is 9.97 Å². The molecular weight excluding hydrogens is 398 g/mol. The van der Waals surface area contributed by atoms with Crippen LogP contribution in [0.3, 0.4) is 0 Å². The number of hydrogen-bond acceptors (Lipinski definition) is 10. The molecule has 8 N–H and O–H groups in total. The first-order valence-electron chi connectivity index (χ1n) is 8.48. The maximum atomic E-state index is 9.85. The molecule has 0 radical (unpaired) electrons. The Hall–Kier alpha value is -3.80. The fraction of sp³-hybridized carbons (Fsp3) is 0.333. The van der Waals surface area contributed by atoms with Crippen LogP contribution < -0.4 is 31.4 Å². The predicted molar refractivity (Wildman–Crippen MR) is 108 cm³/mol. The molecule has 0 aliphatic heterocycles. The first kappa shape index (κ1) is 24.2. The van der Waals surface area contributed by atoms with Gasteiger partial charge in [-0.3, -0.25) is 9.59 Å². The number of anilines is 2. The van der Waals surface area contributed by atoms with Crippen molar-refractivity contribution in [1.29, 1.82) is 0 Å². The van der Waals surface area contributed by atoms with Gasteiger partial charge in [0.15, 0.2) is 11.5 Å². The fourth-order valence-electron chi connectivity index (χ4n) is 2.30. The van der Waals surface area contributed by atoms with Gasteiger partial charge in [0, 0.05) is 18.2 Å². The number of hydrogen-bond donors (Lipinski definition) is 5. The van der Waals surface area contributed by atoms with E-state index in [0.29, 0.717) is 29.5 Å². The Kier molecular flexibility index (Phi) is 9.10. The fourth-order valence-corrected chi connectivity index (χ4v) is 2.30. The van der Waals surface area contributed by atoms with Crippen molar-refractivity contribution in [2.75, 3.05) is 32.8 Å². The molecule has 1 aromatic heterocycles. The van der Waals surface area contributed by atoms with E-state index in [0.717, 1.165) is 11.1 Å². The quantitative estimate of drug-likeness (QED) is 0.384. The summed E-state index contributed by atoms with van der Waals surface area (Å²) in [6, 6.07) is 2.43. The lowest BCUT2D eigenvalue weighted by Gasteiger charge is -2.14. The number of carbonyl (C=O) groups is 2. The van der Waals surface area contributed by atoms with Gasteiger partial charge in [0.25, 0.3) is 0 Å². The molecule has 0 spiro atoms. The number of ether oxygens (including phenoxy) is 3. The molecule has 12 nitrogen and oxygen atoms in total. The summed E-state index contributed by atoms with van der Waals surface area (Å²) in [6.07, 6.45) is 1.61. The van der Waals surface area contributed by atoms with Gasteiger partial charge in [-0.25, -0.2) is 4.98 Å². The summed E-state index contributed by atoms with van der Waals surface area (Å²) in [5.41, 5.74) is 17.9. The average molecular weight is 423 g/mol. The number of aliphatic carboxylic acids is 2. The topological polar surface area (TPSA) is 206 Å². The van der Waals surface area contributed by atoms with E-state index in [1.807, 2.05) is 12.1 Å². The van der Waals surface area contributed by atoms with Crippen molar-refractivity contribution in [3.05, 3.63) is 29.5 Å². The molecule has 2 aromatic rings. The zero-order chi connectivity index (χ0) is 22.8. The van der Waals surface area contributed by atoms with Gasteiger partial charge in [0.05, 0.1) is 27.8 Å². The van der Waals surface area contributed by atoms with E-state index >= 15 is 0 Å². The molecule has 0 aliphatic rings. The minimum absolute atomic E-state index is 0.154. The molecule has 0 amide bonds. The second kappa shape index (κ2) is 11.3. The van der Waals surface area contributed by atoms with Crippen molar-refractivity contribution < 1.29 is 34.0 Å². The normalized spacial score (nSPS) is 10.9. The van der Waals surface area contributed by atoms with Crippen LogP contribution in [0.2, 0.25) is 0 Å². The molecule has 1 heterocycles. The van der Waals surface area contributed by atoms with Crippen molar-refractivity contribution in [2.45, 2.75) is 18.9 Å². The molecule has 0 unspecified atom stereocenters. The van der Waals surface area contributed by atoms with E-state index in [4.69, 9.17) is 41.6 Å². The molecule has 0 fully saturated rings. The lowest BCUT2D eigenvalue weighted by molar-refractivity contribution is -0.144. The van der Waals surface area contributed by atoms with Crippen molar-refractivity contribution in [3.63, 3.8) is 0 Å². The highest BCUT2D eigenvalue weighted by Crippen LogP contribution is 2.38. The number of carboxylic acids is 2. The predicted octanol–water partition coefficient (Wildman–Crippen LogP) is 0.131. The first-order chi connectivity index (χ1) is 14.1. The van der Waals surface area contributed by atoms with Gasteiger partial charge in [-0.2, -0.15) is 4.98 Å². The zero-order valence-corrected chi connectivity index (χ0v) is 16.8. The highest BCUT2D eigenvalue weighted by atomic mass is 16.5. The van der Waals surface area contributed by atoms with E-state index < -0.39 is 24.4 Å². The van der Waals surface area contributed by atoms with Crippen LogP contribution in [0.25, 0.3) is 0 Å². The second-order valence-electron chi connectivity index (χ2n) is 5.89. The van der Waals surface area contributed by atoms with Crippen molar-refractivity contribution >= 4 is 23.7 Å². The number of nitrogen functional groups attached to an aromatic ring is 2. The Bertz CT molecular complexity index is 866. The Morgan fingerprint density at radius 1 is 1.07 bits per heavy atom. The Labute approximate surface area is 172 Å². The third-order valence-electron chi connectivity index (χ3n) is 3.75. The molecule has 30 heavy (non-hydrogen) atoms. The minimum atomic E-state index is -1.29. The van der Waals surface area contributed by atoms with E-state index in [1.54, 1.807) is 27.5 Å². The summed E-state index contributed by atoms with van der Waals surface area (Å²) >= 11 is 0. The van der Waals surface area contributed by atoms with E-state index in [9.17, 15) is 9.59 Å². The Morgan fingerprint density at radius 2 is 1.63 bits per heavy atom. The van der Waals surface area contributed by atoms with Gasteiger partial charge < -0.3 is 41.6 Å². The molecule has 1 aromatic carbocycles. The molecule has 0 saturated heterocycles. The molecule has 0 bridgehead atoms. The number of nitrogens with two attached hydrogens (primary N) is 3. The van der Waals surface area contributed by atoms with Gasteiger partial charge in [-0.05, 0) is 17.7 Å². The van der Waals surface area contributed by atoms with Crippen LogP contribution in [0, 0.1) is 0 Å². The van der Waals surface area contributed by atoms with Crippen LogP contribution in [0.1, 0.15) is 17.5 Å². The lowest BCUT2D eigenvalue weighted by atomic mass is 10.1. The number of benzene rings is 1. The number of nitrogens with zero attached hydrogens (tertiary/aromatic N) is 2. The average Bonchev–Trinajstić information content (AvgIpc) is 2.69. The van der Waals surface area contributed by atoms with Crippen LogP contribution in [0.4, 0.5) is 11.8 Å². The molecule has 2 rings (SSSR count). The van der Waals surface area contributed by atoms with Gasteiger partial charge in [0.1, 0.15) is 11.9 Å². The summed E-state index contributed by atoms with van der Waals surface area (Å²) in [5.74, 6) is -0.270. The number of carboxylic acid groups (broad SMARTS) is 2. The van der Waals surface area contributed by atoms with Crippen molar-refractivity contribution in [2.24, 2.45) is 5.73 Å². The van der Waals surface area contributed by atoms with Crippen LogP contribution in [-0.4, -0.2) is 59.5 Å². The Morgan fingerprint density at radius 3 is 2.00 bits per heavy atom. The second-order valence-corrected chi connectivity index (χ2v) is 5.89. The van der Waals surface area contributed by atoms with Crippen LogP contribution in [0.15, 0.2) is 18.3 Å². The monoisotopic (exact) mass is 423 g/mol. The maximum absolute atomic E-state index is 9.85. The molecule has 164 valence electrons. The standard InChI is InChI=1S/C14H18N4O3.C4H7NO4/c1-19-10-5-8(6-11(20-2)12(10)21-3)4-9-7-17-14(16)18-13(9)15;5-2(4(8)9)1-3(6)7/h5-7H,4H2,1-3H3,(H4,15,16,17,18);2H,1,5H2,(H,6,7)(H,8,9)/t;2-/m.0/s1. The van der Waals surface area contributed by atoms with Crippen molar-refractivity contribution in [3.8, 4) is 17.2 Å². The van der Waals surface area contributed by atoms with Gasteiger partial charge in [-0.15, -0.1) is 0 Å². The third-order valence-corrected chi connectivity index (χ3v) is 3.75. The summed E-state index contributed by atoms with van der Waals surface area (Å²) in [5, 5.41) is 16.0. The molecule has 1 atom stereocenters. The summed E-state index contributed by atoms with van der Waals surface area (Å²) in [4.78, 5) is 27.5. The van der Waals surface area contributed by atoms with Crippen molar-refractivity contribution in [1.82, 2.24) is 9.97 Å². The van der Waals surface area contributed by atoms with Crippen LogP contribution in [0.5, 0.6) is 17.2 Å².